The standard InChI is InChI=1S/C22H24N4O2/c1-3-15-26-22(28)19-12-8-7-11-18(19)20(25-26)21(27)24-23-16(2)13-14-17-9-5-4-6-10-17/h4-12H,3,13-15H2,1-2H3,(H,24,27)/b23-16-. The first kappa shape index (κ1) is 19.5. The molecule has 0 aliphatic heterocycles. The third kappa shape index (κ3) is 4.52. The van der Waals surface area contributed by atoms with Crippen LogP contribution < -0.4 is 11.0 Å². The molecule has 0 spiro atoms. The van der Waals surface area contributed by atoms with E-state index in [9.17, 15) is 9.59 Å². The van der Waals surface area contributed by atoms with E-state index in [1.807, 2.05) is 32.0 Å². The fourth-order valence-corrected chi connectivity index (χ4v) is 2.99. The van der Waals surface area contributed by atoms with Gasteiger partial charge in [-0.2, -0.15) is 10.2 Å². The predicted molar refractivity (Wildman–Crippen MR) is 112 cm³/mol. The van der Waals surface area contributed by atoms with Gasteiger partial charge in [0.05, 0.1) is 5.39 Å². The number of nitrogens with one attached hydrogen (secondary N) is 1. The lowest BCUT2D eigenvalue weighted by Gasteiger charge is -2.09. The van der Waals surface area contributed by atoms with E-state index in [0.717, 1.165) is 25.0 Å². The van der Waals surface area contributed by atoms with Crippen molar-refractivity contribution in [2.45, 2.75) is 39.7 Å². The molecular weight excluding hydrogens is 352 g/mol. The van der Waals surface area contributed by atoms with Crippen LogP contribution in [0.15, 0.2) is 64.5 Å². The van der Waals surface area contributed by atoms with Crippen LogP contribution in [0.2, 0.25) is 0 Å². The minimum atomic E-state index is -0.417. The summed E-state index contributed by atoms with van der Waals surface area (Å²) in [5.41, 5.74) is 4.66. The van der Waals surface area contributed by atoms with Crippen molar-refractivity contribution in [2.75, 3.05) is 0 Å². The normalized spacial score (nSPS) is 11.6. The molecule has 2 aromatic carbocycles. The number of amides is 1. The van der Waals surface area contributed by atoms with Crippen molar-refractivity contribution in [1.29, 1.82) is 0 Å². The fraction of sp³-hybridized carbons (Fsp3) is 0.273. The first-order valence-electron chi connectivity index (χ1n) is 9.47. The summed E-state index contributed by atoms with van der Waals surface area (Å²) in [5, 5.41) is 9.52. The maximum atomic E-state index is 12.7. The molecule has 0 saturated heterocycles. The summed E-state index contributed by atoms with van der Waals surface area (Å²) in [5.74, 6) is -0.417. The molecule has 0 fully saturated rings. The first-order valence-corrected chi connectivity index (χ1v) is 9.47. The summed E-state index contributed by atoms with van der Waals surface area (Å²) < 4.78 is 1.35. The van der Waals surface area contributed by atoms with E-state index in [1.54, 1.807) is 24.3 Å². The molecule has 6 nitrogen and oxygen atoms in total. The number of aryl methyl sites for hydroxylation is 2. The van der Waals surface area contributed by atoms with Crippen LogP contribution in [0.4, 0.5) is 0 Å². The van der Waals surface area contributed by atoms with Crippen LogP contribution in [0, 0.1) is 0 Å². The Balaban J connectivity index is 1.79. The second-order valence-electron chi connectivity index (χ2n) is 6.70. The van der Waals surface area contributed by atoms with Gasteiger partial charge in [0.15, 0.2) is 5.69 Å². The largest absolute Gasteiger partial charge is 0.292 e. The van der Waals surface area contributed by atoms with E-state index in [-0.39, 0.29) is 11.3 Å². The predicted octanol–water partition coefficient (Wildman–Crippen LogP) is 3.55. The van der Waals surface area contributed by atoms with Crippen molar-refractivity contribution in [3.63, 3.8) is 0 Å². The highest BCUT2D eigenvalue weighted by molar-refractivity contribution is 6.05. The zero-order valence-electron chi connectivity index (χ0n) is 16.2. The Morgan fingerprint density at radius 1 is 1.07 bits per heavy atom. The van der Waals surface area contributed by atoms with E-state index in [4.69, 9.17) is 0 Å². The van der Waals surface area contributed by atoms with E-state index in [0.29, 0.717) is 17.3 Å². The van der Waals surface area contributed by atoms with Crippen molar-refractivity contribution in [2.24, 2.45) is 5.10 Å². The van der Waals surface area contributed by atoms with Gasteiger partial charge in [-0.05, 0) is 37.8 Å². The van der Waals surface area contributed by atoms with Crippen LogP contribution in [-0.4, -0.2) is 21.4 Å². The maximum absolute atomic E-state index is 12.7. The Kier molecular flexibility index (Phi) is 6.32. The molecule has 1 amide bonds. The Labute approximate surface area is 163 Å². The minimum Gasteiger partial charge on any atom is -0.267 e. The van der Waals surface area contributed by atoms with Crippen molar-refractivity contribution in [3.8, 4) is 0 Å². The minimum absolute atomic E-state index is 0.184. The molecule has 3 rings (SSSR count). The Bertz CT molecular complexity index is 1060. The number of rotatable bonds is 7. The van der Waals surface area contributed by atoms with E-state index >= 15 is 0 Å². The average Bonchev–Trinajstić information content (AvgIpc) is 2.73. The van der Waals surface area contributed by atoms with Crippen LogP contribution in [-0.2, 0) is 13.0 Å². The Morgan fingerprint density at radius 2 is 1.75 bits per heavy atom. The van der Waals surface area contributed by atoms with Crippen LogP contribution in [0.25, 0.3) is 10.8 Å². The molecule has 1 aromatic heterocycles. The molecule has 28 heavy (non-hydrogen) atoms. The van der Waals surface area contributed by atoms with Gasteiger partial charge in [-0.1, -0.05) is 55.5 Å². The van der Waals surface area contributed by atoms with Gasteiger partial charge in [0, 0.05) is 17.6 Å². The van der Waals surface area contributed by atoms with Crippen LogP contribution in [0.3, 0.4) is 0 Å². The van der Waals surface area contributed by atoms with Gasteiger partial charge in [-0.3, -0.25) is 9.59 Å². The molecule has 3 aromatic rings. The lowest BCUT2D eigenvalue weighted by atomic mass is 10.1. The van der Waals surface area contributed by atoms with E-state index < -0.39 is 5.91 Å². The van der Waals surface area contributed by atoms with Gasteiger partial charge in [0.2, 0.25) is 0 Å². The van der Waals surface area contributed by atoms with Crippen molar-refractivity contribution in [3.05, 3.63) is 76.2 Å². The molecule has 144 valence electrons. The van der Waals surface area contributed by atoms with Crippen LogP contribution in [0.5, 0.6) is 0 Å². The summed E-state index contributed by atoms with van der Waals surface area (Å²) in [6, 6.07) is 17.2. The number of fused-ring (bicyclic) bond motifs is 1. The summed E-state index contributed by atoms with van der Waals surface area (Å²) in [7, 11) is 0. The SMILES string of the molecule is CCCn1nc(C(=O)N/N=C(/C)CCc2ccccc2)c2ccccc2c1=O. The molecular formula is C22H24N4O2. The second kappa shape index (κ2) is 9.08. The molecule has 6 heteroatoms. The van der Waals surface area contributed by atoms with Crippen LogP contribution in [0.1, 0.15) is 42.7 Å². The molecule has 0 aliphatic rings. The first-order chi connectivity index (χ1) is 13.6. The quantitative estimate of drug-likeness (QED) is 0.506. The maximum Gasteiger partial charge on any atom is 0.292 e. The Hall–Kier alpha value is -3.28. The van der Waals surface area contributed by atoms with E-state index in [1.165, 1.54) is 10.2 Å². The summed E-state index contributed by atoms with van der Waals surface area (Å²) in [6.07, 6.45) is 2.35. The van der Waals surface area contributed by atoms with Gasteiger partial charge in [0.1, 0.15) is 0 Å². The lowest BCUT2D eigenvalue weighted by Crippen LogP contribution is -2.29. The molecule has 1 heterocycles. The van der Waals surface area contributed by atoms with Gasteiger partial charge in [-0.15, -0.1) is 0 Å². The molecule has 0 unspecified atom stereocenters. The van der Waals surface area contributed by atoms with Crippen molar-refractivity contribution < 1.29 is 4.79 Å². The van der Waals surface area contributed by atoms with Gasteiger partial charge >= 0.3 is 0 Å². The third-order valence-corrected chi connectivity index (χ3v) is 4.48. The third-order valence-electron chi connectivity index (χ3n) is 4.48. The van der Waals surface area contributed by atoms with E-state index in [2.05, 4.69) is 27.8 Å². The second-order valence-corrected chi connectivity index (χ2v) is 6.70. The van der Waals surface area contributed by atoms with Crippen molar-refractivity contribution in [1.82, 2.24) is 15.2 Å². The molecule has 1 N–H and O–H groups in total. The topological polar surface area (TPSA) is 76.3 Å². The highest BCUT2D eigenvalue weighted by Gasteiger charge is 2.16. The fourth-order valence-electron chi connectivity index (χ4n) is 2.99. The monoisotopic (exact) mass is 376 g/mol. The zero-order chi connectivity index (χ0) is 19.9. The molecule has 0 bridgehead atoms. The molecule has 0 atom stereocenters. The number of carbonyl (C=O) groups excluding carboxylic acids is 1. The number of carbonyl (C=O) groups is 1. The molecule has 0 saturated carbocycles. The number of hydrogen-bond acceptors (Lipinski definition) is 4. The van der Waals surface area contributed by atoms with Crippen LogP contribution >= 0.6 is 0 Å². The summed E-state index contributed by atoms with van der Waals surface area (Å²) in [4.78, 5) is 25.2. The number of benzene rings is 2. The number of nitrogens with zero attached hydrogens (tertiary/aromatic N) is 3. The van der Waals surface area contributed by atoms with Gasteiger partial charge in [-0.25, -0.2) is 10.1 Å². The summed E-state index contributed by atoms with van der Waals surface area (Å²) in [6.45, 7) is 4.31. The zero-order valence-corrected chi connectivity index (χ0v) is 16.2. The van der Waals surface area contributed by atoms with Crippen molar-refractivity contribution >= 4 is 22.4 Å². The lowest BCUT2D eigenvalue weighted by molar-refractivity contribution is 0.0949. The average molecular weight is 376 g/mol. The highest BCUT2D eigenvalue weighted by Crippen LogP contribution is 2.13. The van der Waals surface area contributed by atoms with Gasteiger partial charge in [0.25, 0.3) is 11.5 Å². The Morgan fingerprint density at radius 3 is 2.46 bits per heavy atom. The number of hydrazone groups is 1. The highest BCUT2D eigenvalue weighted by atomic mass is 16.2. The number of aromatic nitrogens is 2. The number of hydrogen-bond donors (Lipinski definition) is 1. The van der Waals surface area contributed by atoms with Gasteiger partial charge < -0.3 is 0 Å². The molecule has 0 aliphatic carbocycles. The smallest absolute Gasteiger partial charge is 0.267 e. The summed E-state index contributed by atoms with van der Waals surface area (Å²) >= 11 is 0. The molecule has 0 radical (unpaired) electrons.